The van der Waals surface area contributed by atoms with Crippen molar-refractivity contribution in [3.05, 3.63) is 35.4 Å². The van der Waals surface area contributed by atoms with Gasteiger partial charge in [-0.1, -0.05) is 12.1 Å². The van der Waals surface area contributed by atoms with Crippen LogP contribution in [0.15, 0.2) is 24.3 Å². The number of nitrogens with zero attached hydrogens (tertiary/aromatic N) is 1. The van der Waals surface area contributed by atoms with E-state index < -0.39 is 7.94 Å². The third-order valence-electron chi connectivity index (χ3n) is 2.13. The molecule has 0 aromatic heterocycles. The maximum atomic E-state index is 10.2. The van der Waals surface area contributed by atoms with Crippen LogP contribution in [0.4, 0.5) is 0 Å². The minimum absolute atomic E-state index is 0.348. The largest absolute Gasteiger partial charge is 0.413 e. The van der Waals surface area contributed by atoms with Crippen molar-refractivity contribution < 1.29 is 13.9 Å². The smallest absolute Gasteiger partial charge is 0.192 e. The van der Waals surface area contributed by atoms with Crippen LogP contribution in [0.5, 0.6) is 0 Å². The lowest BCUT2D eigenvalue weighted by Crippen LogP contribution is -2.05. The lowest BCUT2D eigenvalue weighted by molar-refractivity contribution is 0.188. The zero-order chi connectivity index (χ0) is 12.7. The molecule has 0 amide bonds. The van der Waals surface area contributed by atoms with Crippen molar-refractivity contribution in [1.82, 2.24) is 0 Å². The van der Waals surface area contributed by atoms with Gasteiger partial charge in [-0.05, 0) is 31.5 Å². The monoisotopic (exact) mass is 254 g/mol. The predicted octanol–water partition coefficient (Wildman–Crippen LogP) is 2.89. The Labute approximate surface area is 102 Å². The average molecular weight is 254 g/mol. The number of rotatable bonds is 6. The van der Waals surface area contributed by atoms with E-state index in [1.165, 1.54) is 0 Å². The molecule has 0 aliphatic heterocycles. The summed E-state index contributed by atoms with van der Waals surface area (Å²) in [6.45, 7) is 4.48. The van der Waals surface area contributed by atoms with Gasteiger partial charge in [0.05, 0.1) is 24.8 Å². The summed E-state index contributed by atoms with van der Waals surface area (Å²) in [5.41, 5.74) is 1.50. The Balaban J connectivity index is 2.75. The van der Waals surface area contributed by atoms with Crippen LogP contribution >= 0.6 is 7.94 Å². The van der Waals surface area contributed by atoms with Gasteiger partial charge in [-0.15, -0.1) is 0 Å². The van der Waals surface area contributed by atoms with Crippen LogP contribution in [0.2, 0.25) is 0 Å². The van der Waals surface area contributed by atoms with E-state index in [-0.39, 0.29) is 0 Å². The van der Waals surface area contributed by atoms with Crippen LogP contribution in [-0.2, 0) is 15.2 Å². The van der Waals surface area contributed by atoms with E-state index in [1.54, 1.807) is 12.1 Å². The molecule has 92 valence electrons. The minimum atomic E-state index is -2.80. The Morgan fingerprint density at radius 2 is 1.71 bits per heavy atom. The summed E-state index contributed by atoms with van der Waals surface area (Å²) in [6.07, 6.45) is 0.348. The van der Waals surface area contributed by atoms with E-state index in [2.05, 4.69) is 6.07 Å². The molecule has 1 aromatic rings. The first-order valence-electron chi connectivity index (χ1n) is 5.52. The Kier molecular flexibility index (Phi) is 5.54. The second-order valence-electron chi connectivity index (χ2n) is 3.44. The summed E-state index contributed by atoms with van der Waals surface area (Å²) >= 11 is 0. The first-order valence-corrected chi connectivity index (χ1v) is 7.28. The molecule has 1 aromatic carbocycles. The van der Waals surface area contributed by atoms with Gasteiger partial charge in [0.25, 0.3) is 0 Å². The predicted molar refractivity (Wildman–Crippen MR) is 67.3 cm³/mol. The van der Waals surface area contributed by atoms with Crippen LogP contribution in [-0.4, -0.2) is 18.1 Å². The lowest BCUT2D eigenvalue weighted by Gasteiger charge is -2.15. The number of hydrogen-bond acceptors (Lipinski definition) is 4. The highest BCUT2D eigenvalue weighted by atomic mass is 31.2. The highest BCUT2D eigenvalue weighted by molar-refractivity contribution is 7.59. The molecule has 17 heavy (non-hydrogen) atoms. The SMILES string of the molecule is CCO[P+](O)(Cc1ccc(C#N)cc1)OCC. The van der Waals surface area contributed by atoms with E-state index >= 15 is 0 Å². The van der Waals surface area contributed by atoms with Crippen molar-refractivity contribution in [3.8, 4) is 6.07 Å². The van der Waals surface area contributed by atoms with Crippen molar-refractivity contribution in [2.75, 3.05) is 13.2 Å². The molecular weight excluding hydrogens is 237 g/mol. The van der Waals surface area contributed by atoms with Crippen molar-refractivity contribution >= 4 is 7.94 Å². The van der Waals surface area contributed by atoms with Gasteiger partial charge in [0.15, 0.2) is 6.16 Å². The first kappa shape index (κ1) is 14.1. The minimum Gasteiger partial charge on any atom is -0.192 e. The first-order chi connectivity index (χ1) is 8.13. The summed E-state index contributed by atoms with van der Waals surface area (Å²) in [6, 6.07) is 9.11. The standard InChI is InChI=1S/C12H17NO3P/c1-3-15-17(14,16-4-2)10-12-7-5-11(9-13)6-8-12/h5-8,14H,3-4,10H2,1-2H3/q+1. The molecule has 0 fully saturated rings. The fraction of sp³-hybridized carbons (Fsp3) is 0.417. The summed E-state index contributed by atoms with van der Waals surface area (Å²) in [4.78, 5) is 10.2. The van der Waals surface area contributed by atoms with Gasteiger partial charge in [0.2, 0.25) is 0 Å². The number of benzene rings is 1. The van der Waals surface area contributed by atoms with E-state index in [4.69, 9.17) is 14.3 Å². The summed E-state index contributed by atoms with van der Waals surface area (Å²) in [7, 11) is -2.80. The Hall–Kier alpha value is -0.980. The molecule has 0 heterocycles. The molecule has 0 saturated carbocycles. The zero-order valence-electron chi connectivity index (χ0n) is 10.1. The van der Waals surface area contributed by atoms with Gasteiger partial charge >= 0.3 is 7.94 Å². The van der Waals surface area contributed by atoms with Gasteiger partial charge in [0, 0.05) is 0 Å². The Morgan fingerprint density at radius 1 is 1.18 bits per heavy atom. The highest BCUT2D eigenvalue weighted by Crippen LogP contribution is 2.59. The number of nitriles is 1. The topological polar surface area (TPSA) is 62.5 Å². The third kappa shape index (κ3) is 4.41. The molecule has 0 atom stereocenters. The van der Waals surface area contributed by atoms with Crippen molar-refractivity contribution in [2.45, 2.75) is 20.0 Å². The molecule has 4 nitrogen and oxygen atoms in total. The third-order valence-corrected chi connectivity index (χ3v) is 4.22. The molecular formula is C12H17NO3P+. The fourth-order valence-corrected chi connectivity index (χ4v) is 3.18. The molecule has 0 spiro atoms. The molecule has 1 rings (SSSR count). The molecule has 5 heteroatoms. The molecule has 0 aliphatic carbocycles. The summed E-state index contributed by atoms with van der Waals surface area (Å²) in [5, 5.41) is 8.69. The van der Waals surface area contributed by atoms with Gasteiger partial charge in [-0.3, -0.25) is 0 Å². The molecule has 0 unspecified atom stereocenters. The molecule has 0 bridgehead atoms. The van der Waals surface area contributed by atoms with E-state index in [0.717, 1.165) is 5.56 Å². The molecule has 0 saturated heterocycles. The van der Waals surface area contributed by atoms with Gasteiger partial charge < -0.3 is 0 Å². The number of hydrogen-bond donors (Lipinski definition) is 1. The van der Waals surface area contributed by atoms with E-state index in [9.17, 15) is 4.89 Å². The van der Waals surface area contributed by atoms with Gasteiger partial charge in [-0.2, -0.15) is 19.2 Å². The fourth-order valence-electron chi connectivity index (χ4n) is 1.45. The van der Waals surface area contributed by atoms with Gasteiger partial charge in [-0.25, -0.2) is 0 Å². The van der Waals surface area contributed by atoms with Gasteiger partial charge in [0.1, 0.15) is 0 Å². The van der Waals surface area contributed by atoms with Crippen LogP contribution in [0.1, 0.15) is 25.0 Å². The van der Waals surface area contributed by atoms with Crippen molar-refractivity contribution in [2.24, 2.45) is 0 Å². The van der Waals surface area contributed by atoms with Crippen molar-refractivity contribution in [1.29, 1.82) is 5.26 Å². The molecule has 1 N–H and O–H groups in total. The lowest BCUT2D eigenvalue weighted by atomic mass is 10.2. The average Bonchev–Trinajstić information content (AvgIpc) is 2.30. The molecule has 0 radical (unpaired) electrons. The van der Waals surface area contributed by atoms with Crippen LogP contribution in [0.3, 0.4) is 0 Å². The van der Waals surface area contributed by atoms with Crippen LogP contribution in [0.25, 0.3) is 0 Å². The second-order valence-corrected chi connectivity index (χ2v) is 5.55. The normalized spacial score (nSPS) is 11.2. The molecule has 0 aliphatic rings. The second kappa shape index (κ2) is 6.68. The Bertz CT molecular complexity index is 380. The van der Waals surface area contributed by atoms with E-state index in [1.807, 2.05) is 26.0 Å². The summed E-state index contributed by atoms with van der Waals surface area (Å²) in [5.74, 6) is 0. The zero-order valence-corrected chi connectivity index (χ0v) is 11.0. The van der Waals surface area contributed by atoms with Crippen LogP contribution < -0.4 is 0 Å². The highest BCUT2D eigenvalue weighted by Gasteiger charge is 2.39. The van der Waals surface area contributed by atoms with Crippen LogP contribution in [0, 0.1) is 11.3 Å². The maximum absolute atomic E-state index is 10.2. The Morgan fingerprint density at radius 3 is 2.12 bits per heavy atom. The summed E-state index contributed by atoms with van der Waals surface area (Å²) < 4.78 is 10.6. The van der Waals surface area contributed by atoms with E-state index in [0.29, 0.717) is 24.9 Å². The van der Waals surface area contributed by atoms with Crippen molar-refractivity contribution in [3.63, 3.8) is 0 Å². The maximum Gasteiger partial charge on any atom is 0.413 e. The quantitative estimate of drug-likeness (QED) is 0.793.